The van der Waals surface area contributed by atoms with Gasteiger partial charge in [0.1, 0.15) is 5.66 Å². The first-order chi connectivity index (χ1) is 6.17. The number of hydrogen-bond donors (Lipinski definition) is 2. The van der Waals surface area contributed by atoms with Crippen LogP contribution in [0.3, 0.4) is 0 Å². The largest absolute Gasteiger partial charge is 0.306 e. The zero-order chi connectivity index (χ0) is 9.73. The molecule has 0 fully saturated rings. The van der Waals surface area contributed by atoms with Crippen LogP contribution in [-0.4, -0.2) is 0 Å². The summed E-state index contributed by atoms with van der Waals surface area (Å²) in [7, 11) is 0. The molecule has 4 N–H and O–H groups in total. The van der Waals surface area contributed by atoms with Gasteiger partial charge in [-0.2, -0.15) is 0 Å². The summed E-state index contributed by atoms with van der Waals surface area (Å²) in [6, 6.07) is 9.68. The first kappa shape index (κ1) is 9.96. The van der Waals surface area contributed by atoms with Gasteiger partial charge in [0, 0.05) is 0 Å². The van der Waals surface area contributed by atoms with Crippen LogP contribution in [0.1, 0.15) is 18.9 Å². The molecule has 0 unspecified atom stereocenters. The van der Waals surface area contributed by atoms with Gasteiger partial charge in [0.05, 0.1) is 0 Å². The fraction of sp³-hybridized carbons (Fsp3) is 0.273. The first-order valence-corrected chi connectivity index (χ1v) is 4.48. The van der Waals surface area contributed by atoms with E-state index in [2.05, 4.69) is 6.92 Å². The van der Waals surface area contributed by atoms with Crippen molar-refractivity contribution < 1.29 is 0 Å². The van der Waals surface area contributed by atoms with Crippen molar-refractivity contribution in [1.82, 2.24) is 0 Å². The van der Waals surface area contributed by atoms with Crippen LogP contribution in [0.4, 0.5) is 0 Å². The Labute approximate surface area is 79.2 Å². The molecule has 0 saturated carbocycles. The molecule has 2 heteroatoms. The highest BCUT2D eigenvalue weighted by Crippen LogP contribution is 2.13. The van der Waals surface area contributed by atoms with Gasteiger partial charge in [0.15, 0.2) is 0 Å². The maximum Gasteiger partial charge on any atom is 0.109 e. The molecular formula is C11H16N2. The fourth-order valence-corrected chi connectivity index (χ4v) is 1.14. The fourth-order valence-electron chi connectivity index (χ4n) is 1.14. The highest BCUT2D eigenvalue weighted by Gasteiger charge is 2.16. The molecular weight excluding hydrogens is 160 g/mol. The molecule has 70 valence electrons. The first-order valence-electron chi connectivity index (χ1n) is 4.48. The van der Waals surface area contributed by atoms with Crippen molar-refractivity contribution in [2.75, 3.05) is 0 Å². The smallest absolute Gasteiger partial charge is 0.109 e. The summed E-state index contributed by atoms with van der Waals surface area (Å²) < 4.78 is 0. The van der Waals surface area contributed by atoms with Crippen molar-refractivity contribution in [1.29, 1.82) is 0 Å². The molecule has 1 rings (SSSR count). The predicted molar refractivity (Wildman–Crippen MR) is 55.9 cm³/mol. The van der Waals surface area contributed by atoms with E-state index >= 15 is 0 Å². The Bertz CT molecular complexity index is 275. The lowest BCUT2D eigenvalue weighted by Gasteiger charge is -2.20. The Balaban J connectivity index is 2.87. The number of nitrogens with two attached hydrogens (primary N) is 2. The van der Waals surface area contributed by atoms with E-state index in [1.807, 2.05) is 42.5 Å². The van der Waals surface area contributed by atoms with Crippen LogP contribution in [-0.2, 0) is 5.66 Å². The Morgan fingerprint density at radius 3 is 2.38 bits per heavy atom. The molecule has 2 nitrogen and oxygen atoms in total. The summed E-state index contributed by atoms with van der Waals surface area (Å²) in [6.07, 6.45) is 4.76. The summed E-state index contributed by atoms with van der Waals surface area (Å²) in [5, 5.41) is 0. The molecule has 0 saturated heterocycles. The number of rotatable bonds is 3. The molecule has 1 aromatic rings. The number of benzene rings is 1. The van der Waals surface area contributed by atoms with E-state index in [1.54, 1.807) is 0 Å². The van der Waals surface area contributed by atoms with E-state index in [-0.39, 0.29) is 0 Å². The monoisotopic (exact) mass is 176 g/mol. The second-order valence-electron chi connectivity index (χ2n) is 3.11. The lowest BCUT2D eigenvalue weighted by atomic mass is 10.0. The van der Waals surface area contributed by atoms with Gasteiger partial charge < -0.3 is 11.5 Å². The third kappa shape index (κ3) is 2.68. The van der Waals surface area contributed by atoms with Crippen LogP contribution in [0.15, 0.2) is 42.5 Å². The molecule has 0 atom stereocenters. The van der Waals surface area contributed by atoms with Gasteiger partial charge in [-0.15, -0.1) is 0 Å². The SMILES string of the molecule is CCC=CC(N)(N)c1ccccc1. The summed E-state index contributed by atoms with van der Waals surface area (Å²) >= 11 is 0. The summed E-state index contributed by atoms with van der Waals surface area (Å²) in [4.78, 5) is 0. The predicted octanol–water partition coefficient (Wildman–Crippen LogP) is 1.72. The third-order valence-electron chi connectivity index (χ3n) is 1.90. The molecule has 1 aromatic carbocycles. The van der Waals surface area contributed by atoms with Crippen LogP contribution in [0.25, 0.3) is 0 Å². The highest BCUT2D eigenvalue weighted by atomic mass is 14.9. The number of hydrogen-bond acceptors (Lipinski definition) is 2. The van der Waals surface area contributed by atoms with Crippen LogP contribution in [0, 0.1) is 0 Å². The van der Waals surface area contributed by atoms with Gasteiger partial charge in [0.2, 0.25) is 0 Å². The summed E-state index contributed by atoms with van der Waals surface area (Å²) in [5.41, 5.74) is 11.9. The standard InChI is InChI=1S/C11H16N2/c1-2-3-9-11(12,13)10-7-5-4-6-8-10/h3-9H,2,12-13H2,1H3. The van der Waals surface area contributed by atoms with Crippen LogP contribution < -0.4 is 11.5 Å². The van der Waals surface area contributed by atoms with Gasteiger partial charge in [-0.3, -0.25) is 0 Å². The summed E-state index contributed by atoms with van der Waals surface area (Å²) in [6.45, 7) is 2.05. The molecule has 0 heterocycles. The van der Waals surface area contributed by atoms with Crippen LogP contribution >= 0.6 is 0 Å². The van der Waals surface area contributed by atoms with Crippen molar-refractivity contribution >= 4 is 0 Å². The molecule has 0 aliphatic heterocycles. The van der Waals surface area contributed by atoms with Crippen LogP contribution in [0.5, 0.6) is 0 Å². The van der Waals surface area contributed by atoms with E-state index in [1.165, 1.54) is 0 Å². The molecule has 0 radical (unpaired) electrons. The van der Waals surface area contributed by atoms with E-state index in [0.29, 0.717) is 0 Å². The average molecular weight is 176 g/mol. The van der Waals surface area contributed by atoms with Crippen molar-refractivity contribution in [3.05, 3.63) is 48.0 Å². The van der Waals surface area contributed by atoms with E-state index < -0.39 is 5.66 Å². The second kappa shape index (κ2) is 4.21. The Morgan fingerprint density at radius 2 is 1.85 bits per heavy atom. The van der Waals surface area contributed by atoms with Crippen molar-refractivity contribution in [3.63, 3.8) is 0 Å². The lowest BCUT2D eigenvalue weighted by Crippen LogP contribution is -2.43. The molecule has 0 aromatic heterocycles. The zero-order valence-electron chi connectivity index (χ0n) is 7.90. The quantitative estimate of drug-likeness (QED) is 0.544. The zero-order valence-corrected chi connectivity index (χ0v) is 7.90. The molecule has 0 amide bonds. The second-order valence-corrected chi connectivity index (χ2v) is 3.11. The van der Waals surface area contributed by atoms with Gasteiger partial charge in [-0.25, -0.2) is 0 Å². The molecule has 0 spiro atoms. The summed E-state index contributed by atoms with van der Waals surface area (Å²) in [5.74, 6) is 0. The Morgan fingerprint density at radius 1 is 1.23 bits per heavy atom. The van der Waals surface area contributed by atoms with E-state index in [9.17, 15) is 0 Å². The van der Waals surface area contributed by atoms with Crippen molar-refractivity contribution in [2.24, 2.45) is 11.5 Å². The average Bonchev–Trinajstić information content (AvgIpc) is 2.16. The van der Waals surface area contributed by atoms with Gasteiger partial charge in [-0.05, 0) is 18.1 Å². The minimum Gasteiger partial charge on any atom is -0.306 e. The number of allylic oxidation sites excluding steroid dienone is 1. The van der Waals surface area contributed by atoms with Crippen molar-refractivity contribution in [3.8, 4) is 0 Å². The van der Waals surface area contributed by atoms with E-state index in [0.717, 1.165) is 12.0 Å². The maximum absolute atomic E-state index is 5.92. The van der Waals surface area contributed by atoms with Gasteiger partial charge in [0.25, 0.3) is 0 Å². The normalized spacial score (nSPS) is 12.2. The van der Waals surface area contributed by atoms with Crippen LogP contribution in [0.2, 0.25) is 0 Å². The van der Waals surface area contributed by atoms with Gasteiger partial charge in [-0.1, -0.05) is 43.3 Å². The van der Waals surface area contributed by atoms with Gasteiger partial charge >= 0.3 is 0 Å². The maximum atomic E-state index is 5.92. The minimum atomic E-state index is -0.836. The lowest BCUT2D eigenvalue weighted by molar-refractivity contribution is 0.591. The topological polar surface area (TPSA) is 52.0 Å². The van der Waals surface area contributed by atoms with Crippen molar-refractivity contribution in [2.45, 2.75) is 19.0 Å². The highest BCUT2D eigenvalue weighted by molar-refractivity contribution is 5.27. The van der Waals surface area contributed by atoms with E-state index in [4.69, 9.17) is 11.5 Å². The Kier molecular flexibility index (Phi) is 3.23. The molecule has 0 aliphatic rings. The molecule has 0 bridgehead atoms. The molecule has 0 aliphatic carbocycles. The molecule has 13 heavy (non-hydrogen) atoms. The third-order valence-corrected chi connectivity index (χ3v) is 1.90. The Hall–Kier alpha value is -1.12. The minimum absolute atomic E-state index is 0.836.